The molecule has 1 aromatic carbocycles. The van der Waals surface area contributed by atoms with Gasteiger partial charge < -0.3 is 9.84 Å². The Labute approximate surface area is 95.6 Å². The molecule has 0 amide bonds. The number of carbonyl (C=O) groups is 2. The lowest BCUT2D eigenvalue weighted by Crippen LogP contribution is -2.09. The van der Waals surface area contributed by atoms with Gasteiger partial charge in [-0.25, -0.2) is 9.59 Å². The van der Waals surface area contributed by atoms with Crippen LogP contribution in [0.1, 0.15) is 20.7 Å². The summed E-state index contributed by atoms with van der Waals surface area (Å²) in [5.74, 6) is -2.27. The highest BCUT2D eigenvalue weighted by Crippen LogP contribution is 2.24. The molecule has 0 aromatic heterocycles. The van der Waals surface area contributed by atoms with Gasteiger partial charge in [-0.2, -0.15) is 0 Å². The van der Waals surface area contributed by atoms with Crippen LogP contribution in [0.15, 0.2) is 36.2 Å². The zero-order valence-electron chi connectivity index (χ0n) is 8.53. The number of hydrogen-bond acceptors (Lipinski definition) is 4. The number of azide groups is 1. The molecule has 1 rings (SSSR count). The van der Waals surface area contributed by atoms with Crippen molar-refractivity contribution >= 4 is 17.6 Å². The molecule has 0 unspecified atom stereocenters. The van der Waals surface area contributed by atoms with Gasteiger partial charge in [0.15, 0.2) is 0 Å². The molecule has 1 aromatic rings. The number of aromatic carboxylic acids is 1. The highest BCUT2D eigenvalue weighted by Gasteiger charge is 2.20. The lowest BCUT2D eigenvalue weighted by molar-refractivity contribution is 0.0633. The Morgan fingerprint density at radius 3 is 2.76 bits per heavy atom. The maximum Gasteiger partial charge on any atom is 0.343 e. The number of nitrogens with zero attached hydrogens (tertiary/aromatic N) is 3. The van der Waals surface area contributed by atoms with Crippen LogP contribution in [0.2, 0.25) is 0 Å². The lowest BCUT2D eigenvalue weighted by Gasteiger charge is -2.06. The van der Waals surface area contributed by atoms with E-state index in [0.717, 1.165) is 6.26 Å². The van der Waals surface area contributed by atoms with Crippen LogP contribution < -0.4 is 0 Å². The van der Waals surface area contributed by atoms with Crippen molar-refractivity contribution in [3.05, 3.63) is 52.6 Å². The van der Waals surface area contributed by atoms with Crippen LogP contribution >= 0.6 is 0 Å². The quantitative estimate of drug-likeness (QED) is 0.283. The van der Waals surface area contributed by atoms with Crippen LogP contribution in [0.25, 0.3) is 10.4 Å². The fraction of sp³-hybridized carbons (Fsp3) is 0. The summed E-state index contributed by atoms with van der Waals surface area (Å²) in [5, 5.41) is 12.2. The van der Waals surface area contributed by atoms with Gasteiger partial charge in [0, 0.05) is 4.91 Å². The van der Waals surface area contributed by atoms with Crippen LogP contribution in [-0.4, -0.2) is 17.0 Å². The topological polar surface area (TPSA) is 112 Å². The van der Waals surface area contributed by atoms with Crippen molar-refractivity contribution in [1.29, 1.82) is 0 Å². The summed E-state index contributed by atoms with van der Waals surface area (Å²) in [6.45, 7) is 3.19. The van der Waals surface area contributed by atoms with E-state index < -0.39 is 17.5 Å². The van der Waals surface area contributed by atoms with Gasteiger partial charge >= 0.3 is 11.9 Å². The molecule has 0 aliphatic rings. The van der Waals surface area contributed by atoms with Crippen LogP contribution in [0.4, 0.5) is 5.69 Å². The SMILES string of the molecule is C=COC(=O)c1cccc(N=[N+]=[N-])c1C(=O)O. The van der Waals surface area contributed by atoms with Crippen LogP contribution in [0.3, 0.4) is 0 Å². The Hall–Kier alpha value is -2.79. The van der Waals surface area contributed by atoms with Gasteiger partial charge in [0.1, 0.15) is 0 Å². The Kier molecular flexibility index (Phi) is 3.86. The van der Waals surface area contributed by atoms with Crippen molar-refractivity contribution in [3.8, 4) is 0 Å². The van der Waals surface area contributed by atoms with Gasteiger partial charge in [-0.1, -0.05) is 23.8 Å². The normalized spacial score (nSPS) is 8.94. The second kappa shape index (κ2) is 5.34. The van der Waals surface area contributed by atoms with Crippen molar-refractivity contribution < 1.29 is 19.4 Å². The van der Waals surface area contributed by atoms with E-state index in [1.54, 1.807) is 0 Å². The maximum atomic E-state index is 11.4. The Bertz CT molecular complexity index is 532. The summed E-state index contributed by atoms with van der Waals surface area (Å²) in [6.07, 6.45) is 0.883. The van der Waals surface area contributed by atoms with Crippen molar-refractivity contribution in [1.82, 2.24) is 0 Å². The standard InChI is InChI=1S/C10H7N3O4/c1-2-17-10(16)6-4-3-5-7(12-13-11)8(6)9(14)15/h2-5H,1H2,(H,14,15). The third-order valence-electron chi connectivity index (χ3n) is 1.82. The number of benzene rings is 1. The fourth-order valence-corrected chi connectivity index (χ4v) is 1.21. The zero-order chi connectivity index (χ0) is 12.8. The monoisotopic (exact) mass is 233 g/mol. The van der Waals surface area contributed by atoms with Crippen LogP contribution in [0, 0.1) is 0 Å². The number of carboxylic acid groups (broad SMARTS) is 1. The highest BCUT2D eigenvalue weighted by molar-refractivity contribution is 6.06. The summed E-state index contributed by atoms with van der Waals surface area (Å²) in [6, 6.07) is 3.93. The van der Waals surface area contributed by atoms with Crippen LogP contribution in [-0.2, 0) is 4.74 Å². The van der Waals surface area contributed by atoms with E-state index in [1.165, 1.54) is 18.2 Å². The van der Waals surface area contributed by atoms with E-state index in [1.807, 2.05) is 0 Å². The van der Waals surface area contributed by atoms with E-state index in [4.69, 9.17) is 10.6 Å². The van der Waals surface area contributed by atoms with Crippen LogP contribution in [0.5, 0.6) is 0 Å². The minimum absolute atomic E-state index is 0.154. The molecule has 7 heteroatoms. The molecule has 0 aliphatic carbocycles. The fourth-order valence-electron chi connectivity index (χ4n) is 1.21. The highest BCUT2D eigenvalue weighted by atomic mass is 16.5. The van der Waals surface area contributed by atoms with Crippen molar-refractivity contribution in [2.45, 2.75) is 0 Å². The number of carbonyl (C=O) groups excluding carboxylic acids is 1. The zero-order valence-corrected chi connectivity index (χ0v) is 8.53. The maximum absolute atomic E-state index is 11.4. The molecule has 7 nitrogen and oxygen atoms in total. The average Bonchev–Trinajstić information content (AvgIpc) is 2.29. The minimum Gasteiger partial charge on any atom is -0.478 e. The molecule has 0 saturated heterocycles. The first-order valence-electron chi connectivity index (χ1n) is 4.35. The molecule has 0 radical (unpaired) electrons. The third-order valence-corrected chi connectivity index (χ3v) is 1.82. The Morgan fingerprint density at radius 2 is 2.24 bits per heavy atom. The number of rotatable bonds is 4. The minimum atomic E-state index is -1.39. The van der Waals surface area contributed by atoms with Gasteiger partial charge in [0.05, 0.1) is 23.1 Å². The molecule has 0 atom stereocenters. The number of hydrogen-bond donors (Lipinski definition) is 1. The van der Waals surface area contributed by atoms with Gasteiger partial charge in [0.2, 0.25) is 0 Å². The Morgan fingerprint density at radius 1 is 1.53 bits per heavy atom. The second-order valence-corrected chi connectivity index (χ2v) is 2.77. The molecular formula is C10H7N3O4. The number of esters is 1. The van der Waals surface area contributed by atoms with Crippen molar-refractivity contribution in [3.63, 3.8) is 0 Å². The number of ether oxygens (including phenoxy) is 1. The molecule has 0 spiro atoms. The summed E-state index contributed by atoms with van der Waals surface area (Å²) >= 11 is 0. The summed E-state index contributed by atoms with van der Waals surface area (Å²) in [7, 11) is 0. The Balaban J connectivity index is 3.44. The molecule has 0 saturated carbocycles. The summed E-state index contributed by atoms with van der Waals surface area (Å²) < 4.78 is 4.48. The lowest BCUT2D eigenvalue weighted by atomic mass is 10.1. The number of carboxylic acids is 1. The van der Waals surface area contributed by atoms with Gasteiger partial charge in [-0.05, 0) is 11.6 Å². The summed E-state index contributed by atoms with van der Waals surface area (Å²) in [5.41, 5.74) is 7.53. The molecular weight excluding hydrogens is 226 g/mol. The first kappa shape index (κ1) is 12.3. The first-order chi connectivity index (χ1) is 8.11. The van der Waals surface area contributed by atoms with E-state index in [9.17, 15) is 9.59 Å². The largest absolute Gasteiger partial charge is 0.478 e. The van der Waals surface area contributed by atoms with Crippen molar-refractivity contribution in [2.75, 3.05) is 0 Å². The molecule has 0 fully saturated rings. The third kappa shape index (κ3) is 2.61. The van der Waals surface area contributed by atoms with Gasteiger partial charge in [-0.3, -0.25) is 0 Å². The van der Waals surface area contributed by atoms with E-state index >= 15 is 0 Å². The first-order valence-corrected chi connectivity index (χ1v) is 4.35. The molecule has 0 aliphatic heterocycles. The average molecular weight is 233 g/mol. The van der Waals surface area contributed by atoms with E-state index in [0.29, 0.717) is 0 Å². The molecule has 86 valence electrons. The van der Waals surface area contributed by atoms with Gasteiger partial charge in [-0.15, -0.1) is 0 Å². The second-order valence-electron chi connectivity index (χ2n) is 2.77. The van der Waals surface area contributed by atoms with Gasteiger partial charge in [0.25, 0.3) is 0 Å². The van der Waals surface area contributed by atoms with E-state index in [2.05, 4.69) is 21.3 Å². The molecule has 0 heterocycles. The molecule has 0 bridgehead atoms. The predicted octanol–water partition coefficient (Wildman–Crippen LogP) is 2.63. The summed E-state index contributed by atoms with van der Waals surface area (Å²) in [4.78, 5) is 24.9. The molecule has 17 heavy (non-hydrogen) atoms. The smallest absolute Gasteiger partial charge is 0.343 e. The van der Waals surface area contributed by atoms with E-state index in [-0.39, 0.29) is 11.3 Å². The van der Waals surface area contributed by atoms with Crippen molar-refractivity contribution in [2.24, 2.45) is 5.11 Å². The molecule has 1 N–H and O–H groups in total. The predicted molar refractivity (Wildman–Crippen MR) is 57.8 cm³/mol.